The Hall–Kier alpha value is -4.31. The Morgan fingerprint density at radius 2 is 1.69 bits per heavy atom. The highest BCUT2D eigenvalue weighted by molar-refractivity contribution is 7.85. The number of carbonyl (C=O) groups is 4. The third kappa shape index (κ3) is 10.9. The van der Waals surface area contributed by atoms with E-state index >= 15 is 0 Å². The first-order valence-corrected chi connectivity index (χ1v) is 20.2. The van der Waals surface area contributed by atoms with E-state index < -0.39 is 112 Å². The number of amides is 4. The highest BCUT2D eigenvalue weighted by Gasteiger charge is 2.62. The summed E-state index contributed by atoms with van der Waals surface area (Å²) < 4.78 is 128. The van der Waals surface area contributed by atoms with Gasteiger partial charge < -0.3 is 29.7 Å². The van der Waals surface area contributed by atoms with Crippen molar-refractivity contribution in [2.24, 2.45) is 11.3 Å². The number of halogens is 7. The van der Waals surface area contributed by atoms with E-state index in [1.807, 2.05) is 4.72 Å². The lowest BCUT2D eigenvalue weighted by atomic mass is 9.85. The molecule has 3 fully saturated rings. The van der Waals surface area contributed by atoms with E-state index in [1.54, 1.807) is 6.92 Å². The van der Waals surface area contributed by atoms with E-state index in [0.717, 1.165) is 11.0 Å². The zero-order valence-electron chi connectivity index (χ0n) is 32.7. The Bertz CT molecular complexity index is 2080. The fourth-order valence-electron chi connectivity index (χ4n) is 6.48. The second-order valence-corrected chi connectivity index (χ2v) is 18.0. The van der Waals surface area contributed by atoms with Crippen LogP contribution in [0.25, 0.3) is 10.9 Å². The van der Waals surface area contributed by atoms with Crippen LogP contribution in [0.3, 0.4) is 0 Å². The number of para-hydroxylation sites is 1. The molecular formula is C36H44ClF6N5O10S. The van der Waals surface area contributed by atoms with Crippen LogP contribution < -0.4 is 24.8 Å². The molecule has 2 heterocycles. The predicted molar refractivity (Wildman–Crippen MR) is 196 cm³/mol. The van der Waals surface area contributed by atoms with Crippen molar-refractivity contribution in [3.63, 3.8) is 0 Å². The number of nitrogens with one attached hydrogen (secondary N) is 3. The molecule has 2 saturated carbocycles. The van der Waals surface area contributed by atoms with Gasteiger partial charge >= 0.3 is 28.8 Å². The monoisotopic (exact) mass is 887 g/mol. The smallest absolute Gasteiger partial charge is 0.427 e. The molecule has 4 amide bonds. The van der Waals surface area contributed by atoms with Crippen LogP contribution in [0.15, 0.2) is 24.3 Å². The lowest BCUT2D eigenvalue weighted by Gasteiger charge is -2.36. The third-order valence-corrected chi connectivity index (χ3v) is 11.3. The van der Waals surface area contributed by atoms with E-state index in [1.165, 1.54) is 39.0 Å². The second-order valence-electron chi connectivity index (χ2n) is 16.3. The SMILES string of the molecule is CC[C@@H]1C[C@]1(NC(=O)[C@@H]1C[C@@H](Oc2cc(OCC(F)(F)F)nc3c(Cl)cccc23)CN1C(=O)[C@@H](NC(=O)OC(C)(C)C(F)(F)F)C(C)(C)C)C(=O)NS(=O)(=O)OC1CC1. The van der Waals surface area contributed by atoms with E-state index in [-0.39, 0.29) is 34.5 Å². The normalized spacial score (nSPS) is 23.0. The molecule has 5 rings (SSSR count). The number of likely N-dealkylation sites (tertiary alicyclic amines) is 1. The van der Waals surface area contributed by atoms with Crippen molar-refractivity contribution in [1.82, 2.24) is 25.2 Å². The molecule has 0 radical (unpaired) electrons. The molecule has 3 N–H and O–H groups in total. The summed E-state index contributed by atoms with van der Waals surface area (Å²) in [6.07, 6.45) is -12.1. The summed E-state index contributed by atoms with van der Waals surface area (Å²) in [5, 5.41) is 5.02. The number of nitrogens with zero attached hydrogens (tertiary/aromatic N) is 2. The number of hydrogen-bond acceptors (Lipinski definition) is 11. The van der Waals surface area contributed by atoms with Gasteiger partial charge in [0.15, 0.2) is 6.61 Å². The fraction of sp³-hybridized carbons (Fsp3) is 0.639. The summed E-state index contributed by atoms with van der Waals surface area (Å²) in [7, 11) is -4.56. The van der Waals surface area contributed by atoms with E-state index in [9.17, 15) is 53.9 Å². The largest absolute Gasteiger partial charge is 0.488 e. The number of pyridine rings is 1. The highest BCUT2D eigenvalue weighted by Crippen LogP contribution is 2.47. The average molecular weight is 888 g/mol. The second kappa shape index (κ2) is 16.3. The van der Waals surface area contributed by atoms with Gasteiger partial charge in [0.05, 0.1) is 23.2 Å². The number of alkyl halides is 6. The van der Waals surface area contributed by atoms with Gasteiger partial charge in [0, 0.05) is 17.9 Å². The molecule has 23 heteroatoms. The molecule has 59 heavy (non-hydrogen) atoms. The van der Waals surface area contributed by atoms with Gasteiger partial charge in [-0.05, 0) is 56.6 Å². The van der Waals surface area contributed by atoms with Gasteiger partial charge in [-0.25, -0.2) is 14.5 Å². The minimum absolute atomic E-state index is 0.00531. The maximum absolute atomic E-state index is 14.5. The molecule has 2 aliphatic carbocycles. The Morgan fingerprint density at radius 3 is 2.25 bits per heavy atom. The molecule has 1 saturated heterocycles. The van der Waals surface area contributed by atoms with Crippen LogP contribution in [0, 0.1) is 11.3 Å². The number of hydrogen-bond donors (Lipinski definition) is 3. The maximum atomic E-state index is 14.5. The first kappa shape index (κ1) is 45.8. The zero-order chi connectivity index (χ0) is 44.1. The van der Waals surface area contributed by atoms with Crippen molar-refractivity contribution in [3.8, 4) is 11.6 Å². The average Bonchev–Trinajstić information content (AvgIpc) is 4.00. The van der Waals surface area contributed by atoms with Gasteiger partial charge in [-0.15, -0.1) is 0 Å². The summed E-state index contributed by atoms with van der Waals surface area (Å²) in [4.78, 5) is 60.3. The predicted octanol–water partition coefficient (Wildman–Crippen LogP) is 5.48. The topological polar surface area (TPSA) is 192 Å². The molecule has 15 nitrogen and oxygen atoms in total. The fourth-order valence-corrected chi connectivity index (χ4v) is 7.70. The first-order chi connectivity index (χ1) is 27.1. The van der Waals surface area contributed by atoms with Crippen molar-refractivity contribution in [2.75, 3.05) is 13.2 Å². The zero-order valence-corrected chi connectivity index (χ0v) is 34.2. The molecule has 5 atom stereocenters. The Kier molecular flexibility index (Phi) is 12.6. The lowest BCUT2D eigenvalue weighted by Crippen LogP contribution is -2.60. The first-order valence-electron chi connectivity index (χ1n) is 18.5. The highest BCUT2D eigenvalue weighted by atomic mass is 35.5. The number of alkyl carbamates (subject to hydrolysis) is 1. The molecule has 1 aromatic heterocycles. The molecule has 0 bridgehead atoms. The Balaban J connectivity index is 1.48. The lowest BCUT2D eigenvalue weighted by molar-refractivity contribution is -0.244. The molecule has 0 spiro atoms. The van der Waals surface area contributed by atoms with Gasteiger partial charge in [-0.1, -0.05) is 51.8 Å². The van der Waals surface area contributed by atoms with Crippen LogP contribution in [0.2, 0.25) is 5.02 Å². The summed E-state index contributed by atoms with van der Waals surface area (Å²) in [5.41, 5.74) is -5.96. The number of ether oxygens (including phenoxy) is 3. The van der Waals surface area contributed by atoms with Gasteiger partial charge in [-0.3, -0.25) is 18.6 Å². The number of fused-ring (bicyclic) bond motifs is 1. The van der Waals surface area contributed by atoms with Crippen LogP contribution in [0.1, 0.15) is 73.6 Å². The van der Waals surface area contributed by atoms with E-state index in [2.05, 4.69) is 20.4 Å². The molecule has 3 aliphatic rings. The van der Waals surface area contributed by atoms with Crippen LogP contribution in [0.4, 0.5) is 31.1 Å². The number of carbonyl (C=O) groups excluding carboxylic acids is 4. The molecule has 1 aliphatic heterocycles. The van der Waals surface area contributed by atoms with Crippen molar-refractivity contribution in [2.45, 2.75) is 121 Å². The van der Waals surface area contributed by atoms with Gasteiger partial charge in [0.1, 0.15) is 29.5 Å². The van der Waals surface area contributed by atoms with Crippen molar-refractivity contribution >= 4 is 56.6 Å². The minimum atomic E-state index is -4.99. The van der Waals surface area contributed by atoms with Crippen molar-refractivity contribution in [3.05, 3.63) is 29.3 Å². The van der Waals surface area contributed by atoms with Crippen molar-refractivity contribution in [1.29, 1.82) is 0 Å². The van der Waals surface area contributed by atoms with Gasteiger partial charge in [0.25, 0.3) is 5.91 Å². The Morgan fingerprint density at radius 1 is 1.03 bits per heavy atom. The number of rotatable bonds is 14. The van der Waals surface area contributed by atoms with Crippen LogP contribution in [0.5, 0.6) is 11.6 Å². The van der Waals surface area contributed by atoms with Gasteiger partial charge in [-0.2, -0.15) is 34.8 Å². The molecule has 1 aromatic carbocycles. The maximum Gasteiger partial charge on any atom is 0.427 e. The van der Waals surface area contributed by atoms with Crippen molar-refractivity contribution < 1.29 is 72.3 Å². The summed E-state index contributed by atoms with van der Waals surface area (Å²) >= 11 is 6.32. The van der Waals surface area contributed by atoms with Gasteiger partial charge in [0.2, 0.25) is 23.3 Å². The summed E-state index contributed by atoms with van der Waals surface area (Å²) in [6, 6.07) is 2.32. The Labute approximate surface area is 340 Å². The minimum Gasteiger partial charge on any atom is -0.488 e. The number of benzene rings is 1. The quantitative estimate of drug-likeness (QED) is 0.204. The summed E-state index contributed by atoms with van der Waals surface area (Å²) in [5.74, 6) is -4.20. The van der Waals surface area contributed by atoms with Crippen LogP contribution in [-0.4, -0.2) is 103 Å². The van der Waals surface area contributed by atoms with E-state index in [0.29, 0.717) is 33.1 Å². The van der Waals surface area contributed by atoms with E-state index in [4.69, 9.17) is 25.3 Å². The number of aromatic nitrogens is 1. The summed E-state index contributed by atoms with van der Waals surface area (Å²) in [6.45, 7) is 5.21. The standard InChI is InChI=1S/C36H44ClF6N5O10S/c1-7-18-15-34(18,30(51)47-59(53,54)58-19-11-12-19)46-28(49)23-13-20(56-24-14-25(55-17-35(38,39)40)44-26-21(24)9-8-10-22(26)37)16-48(23)29(50)27(32(2,3)4)45-31(52)57-33(5,6)36(41,42)43/h8-10,14,18-20,23,27H,7,11-13,15-17H2,1-6H3,(H,45,52)(H,46,49)(H,47,51)/t18-,20-,23+,27-,34-/m1/s1. The molecular weight excluding hydrogens is 844 g/mol. The molecule has 2 aromatic rings. The third-order valence-electron chi connectivity index (χ3n) is 10.0. The molecule has 0 unspecified atom stereocenters. The van der Waals surface area contributed by atoms with Crippen LogP contribution in [-0.2, 0) is 33.6 Å². The van der Waals surface area contributed by atoms with Crippen LogP contribution >= 0.6 is 11.6 Å². The molecule has 328 valence electrons.